The third kappa shape index (κ3) is 2.31. The van der Waals surface area contributed by atoms with E-state index in [0.29, 0.717) is 10.5 Å². The Morgan fingerprint density at radius 1 is 1.25 bits per heavy atom. The first-order valence-electron chi connectivity index (χ1n) is 5.88. The van der Waals surface area contributed by atoms with Gasteiger partial charge in [-0.15, -0.1) is 0 Å². The molecule has 2 aromatic carbocycles. The normalized spacial score (nSPS) is 10.7. The first kappa shape index (κ1) is 12.5. The molecule has 0 bridgehead atoms. The summed E-state index contributed by atoms with van der Waals surface area (Å²) in [4.78, 5) is 19.2. The number of carbonyl (C=O) groups excluding carboxylic acids is 1. The monoisotopic (exact) mass is 287 g/mol. The van der Waals surface area contributed by atoms with E-state index in [2.05, 4.69) is 15.3 Å². The van der Waals surface area contributed by atoms with Crippen LogP contribution >= 0.6 is 11.6 Å². The fraction of sp³-hybridized carbons (Fsp3) is 0. The number of imidazole rings is 1. The van der Waals surface area contributed by atoms with Gasteiger partial charge in [-0.05, 0) is 24.3 Å². The second-order valence-electron chi connectivity index (χ2n) is 4.22. The van der Waals surface area contributed by atoms with E-state index >= 15 is 0 Å². The number of aromatic nitrogens is 2. The lowest BCUT2D eigenvalue weighted by atomic mass is 10.3. The van der Waals surface area contributed by atoms with Crippen LogP contribution in [-0.4, -0.2) is 21.0 Å². The highest BCUT2D eigenvalue weighted by molar-refractivity contribution is 6.30. The molecule has 100 valence electrons. The summed E-state index contributed by atoms with van der Waals surface area (Å²) in [6, 6.07) is 11.8. The maximum Gasteiger partial charge on any atom is 0.291 e. The number of nitrogens with zero attached hydrogens (tertiary/aromatic N) is 1. The van der Waals surface area contributed by atoms with Crippen LogP contribution in [0.5, 0.6) is 5.75 Å². The van der Waals surface area contributed by atoms with Crippen LogP contribution in [0, 0.1) is 0 Å². The number of hydrogen-bond acceptors (Lipinski definition) is 3. The Balaban J connectivity index is 1.89. The SMILES string of the molecule is O=C(Nc1ccc(Cl)cc1O)c1nc2ccccc2[nH]1. The molecule has 20 heavy (non-hydrogen) atoms. The highest BCUT2D eigenvalue weighted by Gasteiger charge is 2.13. The average Bonchev–Trinajstić information content (AvgIpc) is 2.86. The molecule has 1 heterocycles. The molecule has 5 nitrogen and oxygen atoms in total. The van der Waals surface area contributed by atoms with Crippen LogP contribution in [0.15, 0.2) is 42.5 Å². The molecular weight excluding hydrogens is 278 g/mol. The number of benzene rings is 2. The maximum atomic E-state index is 12.1. The van der Waals surface area contributed by atoms with Gasteiger partial charge in [0, 0.05) is 11.1 Å². The number of fused-ring (bicyclic) bond motifs is 1. The number of hydrogen-bond donors (Lipinski definition) is 3. The number of phenolic OH excluding ortho intramolecular Hbond substituents is 1. The average molecular weight is 288 g/mol. The van der Waals surface area contributed by atoms with Gasteiger partial charge in [-0.25, -0.2) is 4.98 Å². The molecule has 3 N–H and O–H groups in total. The number of aromatic hydroxyl groups is 1. The molecule has 0 atom stereocenters. The Kier molecular flexibility index (Phi) is 3.04. The third-order valence-corrected chi connectivity index (χ3v) is 3.05. The molecular formula is C14H10ClN3O2. The number of nitrogens with one attached hydrogen (secondary N) is 2. The van der Waals surface area contributed by atoms with Crippen molar-refractivity contribution in [3.05, 3.63) is 53.3 Å². The third-order valence-electron chi connectivity index (χ3n) is 2.81. The number of rotatable bonds is 2. The van der Waals surface area contributed by atoms with Gasteiger partial charge in [-0.1, -0.05) is 23.7 Å². The van der Waals surface area contributed by atoms with Crippen molar-refractivity contribution in [1.29, 1.82) is 0 Å². The highest BCUT2D eigenvalue weighted by Crippen LogP contribution is 2.26. The highest BCUT2D eigenvalue weighted by atomic mass is 35.5. The molecule has 0 spiro atoms. The van der Waals surface area contributed by atoms with Gasteiger partial charge < -0.3 is 15.4 Å². The number of amides is 1. The topological polar surface area (TPSA) is 78.0 Å². The minimum atomic E-state index is -0.432. The van der Waals surface area contributed by atoms with Crippen molar-refractivity contribution < 1.29 is 9.90 Å². The number of halogens is 1. The van der Waals surface area contributed by atoms with E-state index in [4.69, 9.17) is 11.6 Å². The second kappa shape index (κ2) is 4.86. The summed E-state index contributed by atoms with van der Waals surface area (Å²) in [6.45, 7) is 0. The van der Waals surface area contributed by atoms with Crippen LogP contribution in [0.3, 0.4) is 0 Å². The molecule has 0 aliphatic carbocycles. The molecule has 0 unspecified atom stereocenters. The number of aromatic amines is 1. The summed E-state index contributed by atoms with van der Waals surface area (Å²) >= 11 is 5.73. The Bertz CT molecular complexity index is 765. The molecule has 0 saturated heterocycles. The van der Waals surface area contributed by atoms with Gasteiger partial charge in [0.15, 0.2) is 5.82 Å². The molecule has 0 aliphatic rings. The Morgan fingerprint density at radius 2 is 2.05 bits per heavy atom. The van der Waals surface area contributed by atoms with Crippen molar-refractivity contribution in [3.63, 3.8) is 0 Å². The fourth-order valence-electron chi connectivity index (χ4n) is 1.85. The quantitative estimate of drug-likeness (QED) is 0.634. The molecule has 0 aliphatic heterocycles. The summed E-state index contributed by atoms with van der Waals surface area (Å²) in [5.74, 6) is -0.346. The molecule has 1 aromatic heterocycles. The standard InChI is InChI=1S/C14H10ClN3O2/c15-8-5-6-11(12(19)7-8)18-14(20)13-16-9-3-1-2-4-10(9)17-13/h1-7,19H,(H,16,17)(H,18,20). The van der Waals surface area contributed by atoms with E-state index in [9.17, 15) is 9.90 Å². The second-order valence-corrected chi connectivity index (χ2v) is 4.65. The van der Waals surface area contributed by atoms with Crippen molar-refractivity contribution in [2.24, 2.45) is 0 Å². The van der Waals surface area contributed by atoms with Crippen LogP contribution in [0.25, 0.3) is 11.0 Å². The molecule has 6 heteroatoms. The van der Waals surface area contributed by atoms with Gasteiger partial charge in [-0.3, -0.25) is 4.79 Å². The van der Waals surface area contributed by atoms with Crippen LogP contribution in [0.2, 0.25) is 5.02 Å². The zero-order valence-corrected chi connectivity index (χ0v) is 11.0. The van der Waals surface area contributed by atoms with E-state index in [-0.39, 0.29) is 17.3 Å². The molecule has 0 fully saturated rings. The smallest absolute Gasteiger partial charge is 0.291 e. The summed E-state index contributed by atoms with van der Waals surface area (Å²) in [5, 5.41) is 12.7. The lowest BCUT2D eigenvalue weighted by Crippen LogP contribution is -2.13. The van der Waals surface area contributed by atoms with Crippen LogP contribution in [0.4, 0.5) is 5.69 Å². The Hall–Kier alpha value is -2.53. The zero-order valence-electron chi connectivity index (χ0n) is 10.2. The van der Waals surface area contributed by atoms with E-state index in [1.54, 1.807) is 6.07 Å². The predicted molar refractivity (Wildman–Crippen MR) is 77.2 cm³/mol. The summed E-state index contributed by atoms with van der Waals surface area (Å²) in [5.41, 5.74) is 1.76. The molecule has 3 aromatic rings. The van der Waals surface area contributed by atoms with Crippen molar-refractivity contribution in [3.8, 4) is 5.75 Å². The summed E-state index contributed by atoms with van der Waals surface area (Å²) < 4.78 is 0. The first-order valence-corrected chi connectivity index (χ1v) is 6.26. The van der Waals surface area contributed by atoms with E-state index in [1.165, 1.54) is 12.1 Å². The molecule has 1 amide bonds. The zero-order chi connectivity index (χ0) is 14.1. The number of H-pyrrole nitrogens is 1. The Morgan fingerprint density at radius 3 is 2.80 bits per heavy atom. The summed E-state index contributed by atoms with van der Waals surface area (Å²) in [6.07, 6.45) is 0. The van der Waals surface area contributed by atoms with Crippen LogP contribution in [-0.2, 0) is 0 Å². The number of carbonyl (C=O) groups is 1. The largest absolute Gasteiger partial charge is 0.506 e. The predicted octanol–water partition coefficient (Wildman–Crippen LogP) is 3.17. The first-order chi connectivity index (χ1) is 9.63. The van der Waals surface area contributed by atoms with Crippen molar-refractivity contribution >= 4 is 34.2 Å². The van der Waals surface area contributed by atoms with Gasteiger partial charge in [0.25, 0.3) is 5.91 Å². The summed E-state index contributed by atoms with van der Waals surface area (Å²) in [7, 11) is 0. The van der Waals surface area contributed by atoms with Crippen LogP contribution in [0.1, 0.15) is 10.6 Å². The van der Waals surface area contributed by atoms with Gasteiger partial charge >= 0.3 is 0 Å². The molecule has 0 radical (unpaired) electrons. The van der Waals surface area contributed by atoms with E-state index in [0.717, 1.165) is 5.52 Å². The van der Waals surface area contributed by atoms with Gasteiger partial charge in [-0.2, -0.15) is 0 Å². The maximum absolute atomic E-state index is 12.1. The minimum Gasteiger partial charge on any atom is -0.506 e. The van der Waals surface area contributed by atoms with Crippen molar-refractivity contribution in [2.45, 2.75) is 0 Å². The van der Waals surface area contributed by atoms with Gasteiger partial charge in [0.2, 0.25) is 0 Å². The number of anilines is 1. The minimum absolute atomic E-state index is 0.0954. The number of phenols is 1. The number of para-hydroxylation sites is 2. The van der Waals surface area contributed by atoms with Gasteiger partial charge in [0.05, 0.1) is 16.7 Å². The van der Waals surface area contributed by atoms with E-state index < -0.39 is 5.91 Å². The molecule has 0 saturated carbocycles. The van der Waals surface area contributed by atoms with Crippen molar-refractivity contribution in [1.82, 2.24) is 9.97 Å². The van der Waals surface area contributed by atoms with Crippen LogP contribution < -0.4 is 5.32 Å². The Labute approximate surface area is 119 Å². The fourth-order valence-corrected chi connectivity index (χ4v) is 2.02. The lowest BCUT2D eigenvalue weighted by Gasteiger charge is -2.05. The lowest BCUT2D eigenvalue weighted by molar-refractivity contribution is 0.101. The van der Waals surface area contributed by atoms with Gasteiger partial charge in [0.1, 0.15) is 5.75 Å². The van der Waals surface area contributed by atoms with Crippen molar-refractivity contribution in [2.75, 3.05) is 5.32 Å². The molecule has 3 rings (SSSR count). The van der Waals surface area contributed by atoms with E-state index in [1.807, 2.05) is 24.3 Å².